The molecule has 0 saturated carbocycles. The van der Waals surface area contributed by atoms with E-state index in [1.165, 1.54) is 11.1 Å². The third-order valence-electron chi connectivity index (χ3n) is 4.48. The minimum Gasteiger partial charge on any atom is -0.355 e. The second kappa shape index (κ2) is 5.33. The molecule has 1 heterocycles. The summed E-state index contributed by atoms with van der Waals surface area (Å²) in [6.07, 6.45) is 3.05. The standard InChI is InChI=1S/C16H22N2O/c1-11-8-13(6-7-17-11)16(19)18-10-14-9-12-4-2-3-5-15(12)14/h2-5,11,13-14,17H,6-10H2,1H3,(H,18,19). The van der Waals surface area contributed by atoms with E-state index in [4.69, 9.17) is 0 Å². The molecule has 102 valence electrons. The number of hydrogen-bond acceptors (Lipinski definition) is 2. The molecule has 2 N–H and O–H groups in total. The van der Waals surface area contributed by atoms with Crippen LogP contribution in [0.1, 0.15) is 36.8 Å². The number of carbonyl (C=O) groups is 1. The molecule has 1 amide bonds. The Morgan fingerprint density at radius 1 is 1.42 bits per heavy atom. The summed E-state index contributed by atoms with van der Waals surface area (Å²) in [5.74, 6) is 0.976. The number of amides is 1. The van der Waals surface area contributed by atoms with Gasteiger partial charge in [0.25, 0.3) is 0 Å². The van der Waals surface area contributed by atoms with E-state index in [1.807, 2.05) is 0 Å². The lowest BCUT2D eigenvalue weighted by atomic mass is 9.77. The quantitative estimate of drug-likeness (QED) is 0.868. The molecule has 1 fully saturated rings. The van der Waals surface area contributed by atoms with Crippen molar-refractivity contribution < 1.29 is 4.79 Å². The average molecular weight is 258 g/mol. The highest BCUT2D eigenvalue weighted by Gasteiger charge is 2.28. The van der Waals surface area contributed by atoms with Gasteiger partial charge in [-0.2, -0.15) is 0 Å². The van der Waals surface area contributed by atoms with Crippen LogP contribution in [0.3, 0.4) is 0 Å². The maximum Gasteiger partial charge on any atom is 0.223 e. The highest BCUT2D eigenvalue weighted by molar-refractivity contribution is 5.79. The molecule has 3 atom stereocenters. The van der Waals surface area contributed by atoms with Crippen molar-refractivity contribution in [1.82, 2.24) is 10.6 Å². The van der Waals surface area contributed by atoms with E-state index in [0.717, 1.165) is 32.4 Å². The first-order valence-electron chi connectivity index (χ1n) is 7.33. The molecular weight excluding hydrogens is 236 g/mol. The Kier molecular flexibility index (Phi) is 3.56. The van der Waals surface area contributed by atoms with Gasteiger partial charge in [0.05, 0.1) is 0 Å². The Bertz CT molecular complexity index is 472. The first-order chi connectivity index (χ1) is 9.24. The van der Waals surface area contributed by atoms with E-state index < -0.39 is 0 Å². The van der Waals surface area contributed by atoms with E-state index >= 15 is 0 Å². The van der Waals surface area contributed by atoms with Gasteiger partial charge >= 0.3 is 0 Å². The zero-order valence-corrected chi connectivity index (χ0v) is 11.5. The van der Waals surface area contributed by atoms with Crippen LogP contribution in [0.2, 0.25) is 0 Å². The smallest absolute Gasteiger partial charge is 0.223 e. The van der Waals surface area contributed by atoms with Crippen molar-refractivity contribution >= 4 is 5.91 Å². The van der Waals surface area contributed by atoms with Crippen LogP contribution >= 0.6 is 0 Å². The minimum absolute atomic E-state index is 0.201. The highest BCUT2D eigenvalue weighted by Crippen LogP contribution is 2.34. The lowest BCUT2D eigenvalue weighted by Gasteiger charge is -2.32. The summed E-state index contributed by atoms with van der Waals surface area (Å²) < 4.78 is 0. The van der Waals surface area contributed by atoms with Gasteiger partial charge in [0, 0.05) is 24.4 Å². The molecule has 1 saturated heterocycles. The SMILES string of the molecule is CC1CC(C(=O)NCC2Cc3ccccc32)CCN1. The van der Waals surface area contributed by atoms with Crippen molar-refractivity contribution in [3.8, 4) is 0 Å². The first kappa shape index (κ1) is 12.7. The molecule has 3 rings (SSSR count). The summed E-state index contributed by atoms with van der Waals surface area (Å²) in [7, 11) is 0. The third kappa shape index (κ3) is 2.66. The Morgan fingerprint density at radius 2 is 2.26 bits per heavy atom. The fraction of sp³-hybridized carbons (Fsp3) is 0.562. The zero-order chi connectivity index (χ0) is 13.2. The number of nitrogens with one attached hydrogen (secondary N) is 2. The van der Waals surface area contributed by atoms with Crippen molar-refractivity contribution in [2.45, 2.75) is 38.1 Å². The van der Waals surface area contributed by atoms with Crippen LogP contribution in [0.25, 0.3) is 0 Å². The summed E-state index contributed by atoms with van der Waals surface area (Å²) >= 11 is 0. The highest BCUT2D eigenvalue weighted by atomic mass is 16.1. The first-order valence-corrected chi connectivity index (χ1v) is 7.33. The van der Waals surface area contributed by atoms with Crippen molar-refractivity contribution in [2.24, 2.45) is 5.92 Å². The molecule has 19 heavy (non-hydrogen) atoms. The number of carbonyl (C=O) groups excluding carboxylic acids is 1. The molecule has 1 aromatic rings. The van der Waals surface area contributed by atoms with Gasteiger partial charge in [-0.3, -0.25) is 4.79 Å². The number of rotatable bonds is 3. The summed E-state index contributed by atoms with van der Waals surface area (Å²) in [6, 6.07) is 9.00. The monoisotopic (exact) mass is 258 g/mol. The fourth-order valence-corrected chi connectivity index (χ4v) is 3.28. The lowest BCUT2D eigenvalue weighted by molar-refractivity contribution is -0.126. The van der Waals surface area contributed by atoms with Crippen LogP contribution < -0.4 is 10.6 Å². The predicted octanol–water partition coefficient (Wildman–Crippen LogP) is 1.83. The molecule has 1 aliphatic heterocycles. The largest absolute Gasteiger partial charge is 0.355 e. The van der Waals surface area contributed by atoms with Gasteiger partial charge in [-0.05, 0) is 43.9 Å². The maximum absolute atomic E-state index is 12.2. The van der Waals surface area contributed by atoms with Crippen LogP contribution in [0.15, 0.2) is 24.3 Å². The molecule has 3 heteroatoms. The minimum atomic E-state index is 0.201. The molecule has 0 bridgehead atoms. The van der Waals surface area contributed by atoms with Gasteiger partial charge in [0.1, 0.15) is 0 Å². The van der Waals surface area contributed by atoms with Gasteiger partial charge in [-0.1, -0.05) is 24.3 Å². The van der Waals surface area contributed by atoms with E-state index in [1.54, 1.807) is 0 Å². The molecule has 0 spiro atoms. The van der Waals surface area contributed by atoms with Crippen LogP contribution in [0, 0.1) is 5.92 Å². The fourth-order valence-electron chi connectivity index (χ4n) is 3.28. The van der Waals surface area contributed by atoms with E-state index in [2.05, 4.69) is 41.8 Å². The van der Waals surface area contributed by atoms with Crippen molar-refractivity contribution in [1.29, 1.82) is 0 Å². The number of piperidine rings is 1. The Balaban J connectivity index is 1.49. The van der Waals surface area contributed by atoms with Gasteiger partial charge in [0.2, 0.25) is 5.91 Å². The third-order valence-corrected chi connectivity index (χ3v) is 4.48. The summed E-state index contributed by atoms with van der Waals surface area (Å²) in [4.78, 5) is 12.2. The molecule has 0 aromatic heterocycles. The molecule has 3 unspecified atom stereocenters. The van der Waals surface area contributed by atoms with Gasteiger partial charge in [-0.15, -0.1) is 0 Å². The summed E-state index contributed by atoms with van der Waals surface area (Å²) in [6.45, 7) is 3.92. The molecule has 0 radical (unpaired) electrons. The second-order valence-electron chi connectivity index (χ2n) is 5.92. The lowest BCUT2D eigenvalue weighted by Crippen LogP contribution is -2.43. The molecule has 1 aliphatic carbocycles. The van der Waals surface area contributed by atoms with Crippen molar-refractivity contribution in [2.75, 3.05) is 13.1 Å². The maximum atomic E-state index is 12.2. The van der Waals surface area contributed by atoms with Crippen LogP contribution in [-0.4, -0.2) is 25.0 Å². The van der Waals surface area contributed by atoms with Crippen molar-refractivity contribution in [3.05, 3.63) is 35.4 Å². The van der Waals surface area contributed by atoms with Crippen LogP contribution in [-0.2, 0) is 11.2 Å². The van der Waals surface area contributed by atoms with E-state index in [-0.39, 0.29) is 11.8 Å². The average Bonchev–Trinajstić information content (AvgIpc) is 2.39. The van der Waals surface area contributed by atoms with E-state index in [9.17, 15) is 4.79 Å². The van der Waals surface area contributed by atoms with Gasteiger partial charge in [-0.25, -0.2) is 0 Å². The molecule has 3 nitrogen and oxygen atoms in total. The Hall–Kier alpha value is -1.35. The second-order valence-corrected chi connectivity index (χ2v) is 5.92. The molecule has 2 aliphatic rings. The van der Waals surface area contributed by atoms with Gasteiger partial charge < -0.3 is 10.6 Å². The van der Waals surface area contributed by atoms with Gasteiger partial charge in [0.15, 0.2) is 0 Å². The summed E-state index contributed by atoms with van der Waals surface area (Å²) in [5.41, 5.74) is 2.86. The van der Waals surface area contributed by atoms with Crippen LogP contribution in [0.4, 0.5) is 0 Å². The number of hydrogen-bond donors (Lipinski definition) is 2. The number of fused-ring (bicyclic) bond motifs is 1. The van der Waals surface area contributed by atoms with E-state index in [0.29, 0.717) is 12.0 Å². The molecular formula is C16H22N2O. The van der Waals surface area contributed by atoms with Crippen LogP contribution in [0.5, 0.6) is 0 Å². The van der Waals surface area contributed by atoms with Crippen molar-refractivity contribution in [3.63, 3.8) is 0 Å². The number of benzene rings is 1. The zero-order valence-electron chi connectivity index (χ0n) is 11.5. The molecule has 1 aromatic carbocycles. The Labute approximate surface area is 114 Å². The summed E-state index contributed by atoms with van der Waals surface area (Å²) in [5, 5.41) is 6.54. The topological polar surface area (TPSA) is 41.1 Å². The normalized spacial score (nSPS) is 29.2. The predicted molar refractivity (Wildman–Crippen MR) is 76.1 cm³/mol. The Morgan fingerprint density at radius 3 is 3.05 bits per heavy atom.